The van der Waals surface area contributed by atoms with Crippen LogP contribution in [0, 0.1) is 5.92 Å². The van der Waals surface area contributed by atoms with Gasteiger partial charge in [0.1, 0.15) is 0 Å². The highest BCUT2D eigenvalue weighted by atomic mass is 16.3. The number of amides is 1. The van der Waals surface area contributed by atoms with Crippen LogP contribution in [0.4, 0.5) is 0 Å². The van der Waals surface area contributed by atoms with Gasteiger partial charge in [-0.2, -0.15) is 0 Å². The fourth-order valence-electron chi connectivity index (χ4n) is 3.55. The summed E-state index contributed by atoms with van der Waals surface area (Å²) in [4.78, 5) is 14.3. The lowest BCUT2D eigenvalue weighted by molar-refractivity contribution is 0.0546. The van der Waals surface area contributed by atoms with E-state index in [1.54, 1.807) is 0 Å². The van der Waals surface area contributed by atoms with Gasteiger partial charge in [0.2, 0.25) is 0 Å². The number of likely N-dealkylation sites (tertiary alicyclic amines) is 1. The van der Waals surface area contributed by atoms with Crippen LogP contribution < -0.4 is 5.32 Å². The van der Waals surface area contributed by atoms with Crippen molar-refractivity contribution in [1.29, 1.82) is 0 Å². The lowest BCUT2D eigenvalue weighted by atomic mass is 10.0. The molecule has 4 heteroatoms. The van der Waals surface area contributed by atoms with Gasteiger partial charge in [0.15, 0.2) is 0 Å². The first-order valence-corrected chi connectivity index (χ1v) is 9.01. The van der Waals surface area contributed by atoms with Crippen molar-refractivity contribution in [3.05, 3.63) is 35.4 Å². The molecule has 0 aromatic heterocycles. The van der Waals surface area contributed by atoms with Crippen LogP contribution in [0.5, 0.6) is 0 Å². The molecule has 2 aliphatic carbocycles. The molecule has 124 valence electrons. The number of rotatable bonds is 5. The maximum Gasteiger partial charge on any atom is 0.253 e. The van der Waals surface area contributed by atoms with Gasteiger partial charge in [-0.15, -0.1) is 0 Å². The van der Waals surface area contributed by atoms with Crippen molar-refractivity contribution in [2.75, 3.05) is 19.6 Å². The summed E-state index contributed by atoms with van der Waals surface area (Å²) in [7, 11) is 0. The Morgan fingerprint density at radius 1 is 1.13 bits per heavy atom. The summed E-state index contributed by atoms with van der Waals surface area (Å²) < 4.78 is 0. The van der Waals surface area contributed by atoms with E-state index in [-0.39, 0.29) is 12.0 Å². The van der Waals surface area contributed by atoms with Gasteiger partial charge in [0, 0.05) is 30.6 Å². The second-order valence-electron chi connectivity index (χ2n) is 7.45. The van der Waals surface area contributed by atoms with Crippen LogP contribution in [-0.4, -0.2) is 47.7 Å². The molecular formula is C19H26N2O2. The zero-order valence-corrected chi connectivity index (χ0v) is 13.6. The summed E-state index contributed by atoms with van der Waals surface area (Å²) in [6.45, 7) is 2.51. The zero-order chi connectivity index (χ0) is 15.8. The van der Waals surface area contributed by atoms with Crippen molar-refractivity contribution in [3.63, 3.8) is 0 Å². The average Bonchev–Trinajstić information content (AvgIpc) is 3.47. The van der Waals surface area contributed by atoms with Crippen LogP contribution in [0.1, 0.15) is 53.9 Å². The third-order valence-corrected chi connectivity index (χ3v) is 5.49. The summed E-state index contributed by atoms with van der Waals surface area (Å²) >= 11 is 0. The standard InChI is InChI=1S/C19H26N2O2/c22-16-7-9-21(10-8-16)19(23)15-5-3-14(4-6-15)17-11-18(17)20-12-13-1-2-13/h3-6,13,16-18,20,22H,1-2,7-12H2. The molecule has 2 saturated carbocycles. The Hall–Kier alpha value is -1.39. The first-order chi connectivity index (χ1) is 11.2. The summed E-state index contributed by atoms with van der Waals surface area (Å²) in [5.74, 6) is 1.66. The Morgan fingerprint density at radius 3 is 2.48 bits per heavy atom. The smallest absolute Gasteiger partial charge is 0.253 e. The van der Waals surface area contributed by atoms with E-state index in [0.29, 0.717) is 37.9 Å². The average molecular weight is 314 g/mol. The van der Waals surface area contributed by atoms with Crippen molar-refractivity contribution < 1.29 is 9.90 Å². The van der Waals surface area contributed by atoms with Gasteiger partial charge < -0.3 is 15.3 Å². The Kier molecular flexibility index (Phi) is 4.12. The molecule has 1 heterocycles. The monoisotopic (exact) mass is 314 g/mol. The Labute approximate surface area is 137 Å². The number of piperidine rings is 1. The molecule has 1 aromatic carbocycles. The van der Waals surface area contributed by atoms with Crippen molar-refractivity contribution in [2.45, 2.75) is 50.2 Å². The molecule has 3 aliphatic rings. The van der Waals surface area contributed by atoms with E-state index in [2.05, 4.69) is 17.4 Å². The van der Waals surface area contributed by atoms with E-state index >= 15 is 0 Å². The normalized spacial score (nSPS) is 28.0. The van der Waals surface area contributed by atoms with E-state index < -0.39 is 0 Å². The zero-order valence-electron chi connectivity index (χ0n) is 13.6. The van der Waals surface area contributed by atoms with Gasteiger partial charge in [-0.3, -0.25) is 4.79 Å². The van der Waals surface area contributed by atoms with Gasteiger partial charge in [-0.25, -0.2) is 0 Å². The number of hydrogen-bond acceptors (Lipinski definition) is 3. The lowest BCUT2D eigenvalue weighted by Crippen LogP contribution is -2.40. The highest BCUT2D eigenvalue weighted by molar-refractivity contribution is 5.94. The number of aliphatic hydroxyl groups excluding tert-OH is 1. The summed E-state index contributed by atoms with van der Waals surface area (Å²) in [6.07, 6.45) is 5.17. The SMILES string of the molecule is O=C(c1ccc(C2CC2NCC2CC2)cc1)N1CCC(O)CC1. The van der Waals surface area contributed by atoms with Gasteiger partial charge >= 0.3 is 0 Å². The number of carbonyl (C=O) groups is 1. The minimum atomic E-state index is -0.239. The van der Waals surface area contributed by atoms with Gasteiger partial charge in [0.25, 0.3) is 5.91 Å². The molecule has 0 bridgehead atoms. The van der Waals surface area contributed by atoms with Crippen LogP contribution in [0.3, 0.4) is 0 Å². The Morgan fingerprint density at radius 2 is 1.83 bits per heavy atom. The van der Waals surface area contributed by atoms with E-state index in [1.165, 1.54) is 31.4 Å². The maximum absolute atomic E-state index is 12.5. The first kappa shape index (κ1) is 15.2. The minimum Gasteiger partial charge on any atom is -0.393 e. The van der Waals surface area contributed by atoms with Gasteiger partial charge in [-0.05, 0) is 62.3 Å². The second-order valence-corrected chi connectivity index (χ2v) is 7.45. The predicted octanol–water partition coefficient (Wildman–Crippen LogP) is 2.14. The largest absolute Gasteiger partial charge is 0.393 e. The fourth-order valence-corrected chi connectivity index (χ4v) is 3.55. The van der Waals surface area contributed by atoms with Crippen molar-refractivity contribution in [1.82, 2.24) is 10.2 Å². The number of nitrogens with one attached hydrogen (secondary N) is 1. The van der Waals surface area contributed by atoms with Crippen LogP contribution in [0.25, 0.3) is 0 Å². The number of aliphatic hydroxyl groups is 1. The van der Waals surface area contributed by atoms with E-state index in [9.17, 15) is 9.90 Å². The summed E-state index contributed by atoms with van der Waals surface area (Å²) in [6, 6.07) is 8.82. The fraction of sp³-hybridized carbons (Fsp3) is 0.632. The van der Waals surface area contributed by atoms with E-state index in [1.807, 2.05) is 17.0 Å². The molecule has 3 fully saturated rings. The molecule has 1 saturated heterocycles. The quantitative estimate of drug-likeness (QED) is 0.875. The van der Waals surface area contributed by atoms with Crippen molar-refractivity contribution in [2.24, 2.45) is 5.92 Å². The first-order valence-electron chi connectivity index (χ1n) is 9.01. The summed E-state index contributed by atoms with van der Waals surface area (Å²) in [5, 5.41) is 13.2. The number of carbonyl (C=O) groups excluding carboxylic acids is 1. The number of hydrogen-bond donors (Lipinski definition) is 2. The molecule has 1 amide bonds. The van der Waals surface area contributed by atoms with Crippen LogP contribution in [-0.2, 0) is 0 Å². The number of benzene rings is 1. The Bertz CT molecular complexity index is 559. The number of nitrogens with zero attached hydrogens (tertiary/aromatic N) is 1. The third-order valence-electron chi connectivity index (χ3n) is 5.49. The lowest BCUT2D eigenvalue weighted by Gasteiger charge is -2.29. The predicted molar refractivity (Wildman–Crippen MR) is 89.5 cm³/mol. The molecule has 4 rings (SSSR count). The molecule has 1 aliphatic heterocycles. The molecule has 2 unspecified atom stereocenters. The van der Waals surface area contributed by atoms with E-state index in [0.717, 1.165) is 11.5 Å². The molecule has 2 N–H and O–H groups in total. The molecule has 0 radical (unpaired) electrons. The molecule has 0 spiro atoms. The van der Waals surface area contributed by atoms with Crippen LogP contribution in [0.2, 0.25) is 0 Å². The van der Waals surface area contributed by atoms with Crippen LogP contribution >= 0.6 is 0 Å². The molecule has 1 aromatic rings. The Balaban J connectivity index is 1.32. The maximum atomic E-state index is 12.5. The second kappa shape index (κ2) is 6.25. The highest BCUT2D eigenvalue weighted by Crippen LogP contribution is 2.41. The summed E-state index contributed by atoms with van der Waals surface area (Å²) in [5.41, 5.74) is 2.12. The molecule has 2 atom stereocenters. The van der Waals surface area contributed by atoms with Crippen LogP contribution in [0.15, 0.2) is 24.3 Å². The molecule has 23 heavy (non-hydrogen) atoms. The van der Waals surface area contributed by atoms with Crippen molar-refractivity contribution >= 4 is 5.91 Å². The molecular weight excluding hydrogens is 288 g/mol. The minimum absolute atomic E-state index is 0.0997. The van der Waals surface area contributed by atoms with E-state index in [4.69, 9.17) is 0 Å². The topological polar surface area (TPSA) is 52.6 Å². The van der Waals surface area contributed by atoms with Gasteiger partial charge in [-0.1, -0.05) is 12.1 Å². The molecule has 4 nitrogen and oxygen atoms in total. The highest BCUT2D eigenvalue weighted by Gasteiger charge is 2.39. The van der Waals surface area contributed by atoms with Crippen molar-refractivity contribution in [3.8, 4) is 0 Å². The third kappa shape index (κ3) is 3.59. The van der Waals surface area contributed by atoms with Gasteiger partial charge in [0.05, 0.1) is 6.10 Å².